The van der Waals surface area contributed by atoms with Gasteiger partial charge in [-0.2, -0.15) is 0 Å². The second-order valence-corrected chi connectivity index (χ2v) is 0.565. The Labute approximate surface area is 119 Å². The molecule has 0 fully saturated rings. The van der Waals surface area contributed by atoms with E-state index < -0.39 is 12.3 Å². The fourth-order valence-corrected chi connectivity index (χ4v) is 0. The van der Waals surface area contributed by atoms with Gasteiger partial charge in [0.25, 0.3) is 0 Å². The Hall–Kier alpha value is 1.06. The van der Waals surface area contributed by atoms with Gasteiger partial charge in [0.15, 0.2) is 0 Å². The summed E-state index contributed by atoms with van der Waals surface area (Å²) in [5.74, 6) is 0. The Morgan fingerprint density at radius 1 is 0.900 bits per heavy atom. The molecule has 54 valence electrons. The molecule has 0 unspecified atom stereocenters. The zero-order valence-corrected chi connectivity index (χ0v) is 10.7. The predicted molar refractivity (Wildman–Crippen MR) is 22.4 cm³/mol. The molecule has 0 rings (SSSR count). The quantitative estimate of drug-likeness (QED) is 0.357. The summed E-state index contributed by atoms with van der Waals surface area (Å²) in [5, 5.41) is 27.9. The first-order valence-corrected chi connectivity index (χ1v) is 1.30. The molecule has 0 radical (unpaired) electrons. The van der Waals surface area contributed by atoms with E-state index in [1.807, 2.05) is 0 Å². The summed E-state index contributed by atoms with van der Waals surface area (Å²) >= 11 is 0. The van der Waals surface area contributed by atoms with Gasteiger partial charge in [-0.1, -0.05) is 0 Å². The molecule has 0 aromatic rings. The maximum Gasteiger partial charge on any atom is 1.00 e. The molecule has 0 aliphatic carbocycles. The second kappa shape index (κ2) is 16.6. The van der Waals surface area contributed by atoms with E-state index in [4.69, 9.17) is 30.0 Å². The topological polar surface area (TPSA) is 115 Å². The van der Waals surface area contributed by atoms with Crippen LogP contribution in [0.15, 0.2) is 0 Å². The van der Waals surface area contributed by atoms with E-state index in [1.165, 1.54) is 0 Å². The average molecular weight is 255 g/mol. The van der Waals surface area contributed by atoms with Gasteiger partial charge in [-0.3, -0.25) is 0 Å². The molecular weight excluding hydrogens is 250 g/mol. The van der Waals surface area contributed by atoms with Gasteiger partial charge in [0.2, 0.25) is 0 Å². The van der Waals surface area contributed by atoms with E-state index in [0.717, 1.165) is 0 Å². The molecule has 0 saturated carbocycles. The van der Waals surface area contributed by atoms with Crippen LogP contribution in [0.5, 0.6) is 0 Å². The van der Waals surface area contributed by atoms with Crippen LogP contribution >= 0.6 is 0 Å². The SMILES string of the molecule is O=C(O)O.O=C(O)O.[H-].[K+].[Zr]. The van der Waals surface area contributed by atoms with E-state index in [-0.39, 0.29) is 79.0 Å². The van der Waals surface area contributed by atoms with Gasteiger partial charge >= 0.3 is 63.7 Å². The van der Waals surface area contributed by atoms with Crippen molar-refractivity contribution in [1.29, 1.82) is 0 Å². The third-order valence-corrected chi connectivity index (χ3v) is 0. The summed E-state index contributed by atoms with van der Waals surface area (Å²) < 4.78 is 0. The van der Waals surface area contributed by atoms with Gasteiger partial charge in [0.1, 0.15) is 0 Å². The molecule has 0 aliphatic heterocycles. The zero-order valence-electron chi connectivity index (χ0n) is 6.11. The van der Waals surface area contributed by atoms with E-state index in [0.29, 0.717) is 0 Å². The molecule has 0 atom stereocenters. The number of rotatable bonds is 0. The van der Waals surface area contributed by atoms with Crippen molar-refractivity contribution in [3.8, 4) is 0 Å². The Kier molecular flexibility index (Phi) is 37.2. The van der Waals surface area contributed by atoms with Crippen LogP contribution in [0, 0.1) is 0 Å². The average Bonchev–Trinajstić information content (AvgIpc) is 1.25. The maximum absolute atomic E-state index is 8.56. The number of carboxylic acid groups (broad SMARTS) is 4. The van der Waals surface area contributed by atoms with Gasteiger partial charge in [-0.25, -0.2) is 9.59 Å². The van der Waals surface area contributed by atoms with E-state index in [1.54, 1.807) is 0 Å². The summed E-state index contributed by atoms with van der Waals surface area (Å²) in [4.78, 5) is 17.1. The smallest absolute Gasteiger partial charge is 1.00 e. The molecule has 0 aromatic carbocycles. The molecule has 0 amide bonds. The van der Waals surface area contributed by atoms with Crippen LogP contribution in [0.3, 0.4) is 0 Å². The molecule has 0 heterocycles. The Balaban J connectivity index is -0.0000000171. The van der Waals surface area contributed by atoms with Crippen molar-refractivity contribution >= 4 is 12.3 Å². The van der Waals surface area contributed by atoms with Gasteiger partial charge in [0, 0.05) is 26.2 Å². The monoisotopic (exact) mass is 254 g/mol. The van der Waals surface area contributed by atoms with Crippen molar-refractivity contribution in [3.05, 3.63) is 0 Å². The van der Waals surface area contributed by atoms with Crippen molar-refractivity contribution in [3.63, 3.8) is 0 Å². The van der Waals surface area contributed by atoms with Crippen LogP contribution in [0.2, 0.25) is 0 Å². The molecule has 0 bridgehead atoms. The standard InChI is InChI=1S/2CH2O3.K.Zr.H/c2*2-1(3)4;;;/h2*(H2,2,3,4);;;/q;;+1;;-1. The predicted octanol–water partition coefficient (Wildman–Crippen LogP) is -2.44. The van der Waals surface area contributed by atoms with Crippen molar-refractivity contribution in [2.45, 2.75) is 0 Å². The molecule has 6 nitrogen and oxygen atoms in total. The van der Waals surface area contributed by atoms with Gasteiger partial charge in [-0.05, 0) is 0 Å². The largest absolute Gasteiger partial charge is 1.00 e. The van der Waals surface area contributed by atoms with Crippen LogP contribution in [0.1, 0.15) is 1.43 Å². The minimum atomic E-state index is -1.83. The normalized spacial score (nSPS) is 4.80. The van der Waals surface area contributed by atoms with Gasteiger partial charge in [-0.15, -0.1) is 0 Å². The fourth-order valence-electron chi connectivity index (χ4n) is 0. The van der Waals surface area contributed by atoms with Crippen LogP contribution in [0.4, 0.5) is 9.59 Å². The molecule has 10 heavy (non-hydrogen) atoms. The van der Waals surface area contributed by atoms with E-state index in [9.17, 15) is 0 Å². The zero-order chi connectivity index (χ0) is 7.15. The Bertz CT molecular complexity index is 78.6. The first-order chi connectivity index (χ1) is 3.46. The summed E-state index contributed by atoms with van der Waals surface area (Å²) in [7, 11) is 0. The first kappa shape index (κ1) is 22.5. The second-order valence-electron chi connectivity index (χ2n) is 0.565. The molecule has 0 spiro atoms. The van der Waals surface area contributed by atoms with Crippen LogP contribution in [-0.4, -0.2) is 32.7 Å². The molecular formula is C2H5KO6Zr. The summed E-state index contributed by atoms with van der Waals surface area (Å²) in [6.45, 7) is 0. The number of hydrogen-bond acceptors (Lipinski definition) is 2. The van der Waals surface area contributed by atoms with Crippen molar-refractivity contribution in [2.24, 2.45) is 0 Å². The molecule has 4 N–H and O–H groups in total. The van der Waals surface area contributed by atoms with Crippen LogP contribution in [-0.2, 0) is 26.2 Å². The Morgan fingerprint density at radius 3 is 0.900 bits per heavy atom. The number of carbonyl (C=O) groups is 2. The third-order valence-electron chi connectivity index (χ3n) is 0. The minimum absolute atomic E-state index is 0. The number of hydrogen-bond donors (Lipinski definition) is 4. The maximum atomic E-state index is 8.56. The molecule has 0 aliphatic rings. The molecule has 0 aromatic heterocycles. The van der Waals surface area contributed by atoms with E-state index >= 15 is 0 Å². The van der Waals surface area contributed by atoms with Crippen molar-refractivity contribution in [2.75, 3.05) is 0 Å². The molecule has 8 heteroatoms. The van der Waals surface area contributed by atoms with Crippen LogP contribution < -0.4 is 51.4 Å². The summed E-state index contributed by atoms with van der Waals surface area (Å²) in [5.41, 5.74) is 0. The Morgan fingerprint density at radius 2 is 0.900 bits per heavy atom. The van der Waals surface area contributed by atoms with E-state index in [2.05, 4.69) is 0 Å². The van der Waals surface area contributed by atoms with Gasteiger partial charge in [0.05, 0.1) is 0 Å². The fraction of sp³-hybridized carbons (Fsp3) is 0. The first-order valence-electron chi connectivity index (χ1n) is 1.30. The molecule has 0 saturated heterocycles. The summed E-state index contributed by atoms with van der Waals surface area (Å²) in [6.07, 6.45) is -3.67. The van der Waals surface area contributed by atoms with Gasteiger partial charge < -0.3 is 21.9 Å². The summed E-state index contributed by atoms with van der Waals surface area (Å²) in [6, 6.07) is 0. The van der Waals surface area contributed by atoms with Crippen molar-refractivity contribution in [1.82, 2.24) is 0 Å². The minimum Gasteiger partial charge on any atom is -1.00 e. The van der Waals surface area contributed by atoms with Crippen LogP contribution in [0.25, 0.3) is 0 Å². The van der Waals surface area contributed by atoms with Crippen molar-refractivity contribution < 1.29 is 109 Å². The third kappa shape index (κ3) is 524.